The van der Waals surface area contributed by atoms with Gasteiger partial charge in [-0.3, -0.25) is 14.5 Å². The summed E-state index contributed by atoms with van der Waals surface area (Å²) >= 11 is 0. The standard InChI is InChI=1S/C30H39N3O8S/c1-5-6-12-23(27(34)28(35)31-20(2)21-10-8-7-9-11-21)33(29(36)37)26-18-30(3,4)19-32(26)42(38,39)22-13-14-24-25(17-22)41-16-15-40-24/h7-11,13-14,17,20,23,26H,5-6,12,15-16,18-19H2,1-4H3,(H,31,35)(H,36,37)/t20-,23+,26?/m1/s1. The van der Waals surface area contributed by atoms with Crippen LogP contribution in [-0.2, 0) is 19.6 Å². The highest BCUT2D eigenvalue weighted by Gasteiger charge is 2.51. The van der Waals surface area contributed by atoms with Gasteiger partial charge in [-0.25, -0.2) is 13.2 Å². The molecule has 3 atom stereocenters. The van der Waals surface area contributed by atoms with Crippen molar-refractivity contribution in [2.75, 3.05) is 19.8 Å². The minimum atomic E-state index is -4.25. The average molecular weight is 602 g/mol. The van der Waals surface area contributed by atoms with Crippen molar-refractivity contribution in [1.82, 2.24) is 14.5 Å². The summed E-state index contributed by atoms with van der Waals surface area (Å²) in [5.41, 5.74) is 0.176. The zero-order valence-electron chi connectivity index (χ0n) is 24.4. The van der Waals surface area contributed by atoms with Gasteiger partial charge in [-0.2, -0.15) is 4.31 Å². The van der Waals surface area contributed by atoms with Gasteiger partial charge >= 0.3 is 6.09 Å². The van der Waals surface area contributed by atoms with Crippen molar-refractivity contribution in [3.63, 3.8) is 0 Å². The van der Waals surface area contributed by atoms with Crippen LogP contribution < -0.4 is 14.8 Å². The van der Waals surface area contributed by atoms with E-state index in [1.54, 1.807) is 6.92 Å². The third-order valence-corrected chi connectivity index (χ3v) is 9.49. The van der Waals surface area contributed by atoms with Crippen LogP contribution in [0.4, 0.5) is 4.79 Å². The summed E-state index contributed by atoms with van der Waals surface area (Å²) < 4.78 is 40.3. The van der Waals surface area contributed by atoms with Crippen molar-refractivity contribution < 1.29 is 37.4 Å². The van der Waals surface area contributed by atoms with E-state index in [1.807, 2.05) is 51.1 Å². The Morgan fingerprint density at radius 2 is 1.76 bits per heavy atom. The van der Waals surface area contributed by atoms with Gasteiger partial charge in [-0.15, -0.1) is 0 Å². The molecule has 0 saturated carbocycles. The second-order valence-electron chi connectivity index (χ2n) is 11.5. The lowest BCUT2D eigenvalue weighted by Crippen LogP contribution is -2.58. The Balaban J connectivity index is 1.68. The fourth-order valence-electron chi connectivity index (χ4n) is 5.50. The number of sulfonamides is 1. The summed E-state index contributed by atoms with van der Waals surface area (Å²) in [5, 5.41) is 13.1. The Hall–Kier alpha value is -3.64. The molecule has 228 valence electrons. The highest BCUT2D eigenvalue weighted by atomic mass is 32.2. The first-order chi connectivity index (χ1) is 19.9. The molecule has 0 spiro atoms. The van der Waals surface area contributed by atoms with Crippen LogP contribution in [0.3, 0.4) is 0 Å². The molecule has 1 fully saturated rings. The number of rotatable bonds is 11. The minimum absolute atomic E-state index is 0.0180. The third kappa shape index (κ3) is 6.70. The number of ether oxygens (including phenoxy) is 2. The summed E-state index contributed by atoms with van der Waals surface area (Å²) in [5.74, 6) is -1.13. The summed E-state index contributed by atoms with van der Waals surface area (Å²) in [6, 6.07) is 11.5. The first kappa shape index (κ1) is 31.3. The number of hydrogen-bond acceptors (Lipinski definition) is 7. The van der Waals surface area contributed by atoms with Gasteiger partial charge in [-0.05, 0) is 42.9 Å². The van der Waals surface area contributed by atoms with Crippen molar-refractivity contribution in [3.05, 3.63) is 54.1 Å². The van der Waals surface area contributed by atoms with E-state index < -0.39 is 51.5 Å². The van der Waals surface area contributed by atoms with E-state index in [0.29, 0.717) is 25.2 Å². The van der Waals surface area contributed by atoms with Gasteiger partial charge in [0, 0.05) is 12.6 Å². The molecule has 12 heteroatoms. The predicted octanol–water partition coefficient (Wildman–Crippen LogP) is 4.19. The number of carboxylic acid groups (broad SMARTS) is 1. The average Bonchev–Trinajstić information content (AvgIpc) is 3.29. The molecule has 2 aliphatic rings. The maximum Gasteiger partial charge on any atom is 0.409 e. The molecule has 4 rings (SSSR count). The number of nitrogens with zero attached hydrogens (tertiary/aromatic N) is 2. The summed E-state index contributed by atoms with van der Waals surface area (Å²) in [4.78, 5) is 40.5. The molecule has 0 aromatic heterocycles. The second-order valence-corrected chi connectivity index (χ2v) is 13.4. The van der Waals surface area contributed by atoms with Crippen molar-refractivity contribution in [2.45, 2.75) is 76.5 Å². The zero-order chi connectivity index (χ0) is 30.7. The van der Waals surface area contributed by atoms with Crippen LogP contribution in [-0.4, -0.2) is 72.5 Å². The molecule has 0 radical (unpaired) electrons. The maximum atomic E-state index is 14.0. The summed E-state index contributed by atoms with van der Waals surface area (Å²) in [6.07, 6.45) is -1.36. The van der Waals surface area contributed by atoms with Crippen LogP contribution in [0.15, 0.2) is 53.4 Å². The van der Waals surface area contributed by atoms with Gasteiger partial charge in [0.1, 0.15) is 25.4 Å². The van der Waals surface area contributed by atoms with Crippen LogP contribution in [0.1, 0.15) is 65.0 Å². The molecule has 2 aromatic rings. The number of unbranched alkanes of at least 4 members (excludes halogenated alkanes) is 1. The largest absolute Gasteiger partial charge is 0.486 e. The smallest absolute Gasteiger partial charge is 0.409 e. The van der Waals surface area contributed by atoms with Gasteiger partial charge in [0.15, 0.2) is 11.5 Å². The number of ketones is 1. The molecule has 2 aliphatic heterocycles. The molecule has 1 unspecified atom stereocenters. The Morgan fingerprint density at radius 3 is 2.40 bits per heavy atom. The van der Waals surface area contributed by atoms with E-state index in [4.69, 9.17) is 9.47 Å². The lowest BCUT2D eigenvalue weighted by atomic mass is 9.91. The summed E-state index contributed by atoms with van der Waals surface area (Å²) in [7, 11) is -4.25. The van der Waals surface area contributed by atoms with Crippen LogP contribution in [0, 0.1) is 5.41 Å². The van der Waals surface area contributed by atoms with E-state index in [0.717, 1.165) is 14.8 Å². The zero-order valence-corrected chi connectivity index (χ0v) is 25.2. The number of benzene rings is 2. The number of carbonyl (C=O) groups excluding carboxylic acids is 2. The van der Waals surface area contributed by atoms with Crippen LogP contribution in [0.25, 0.3) is 0 Å². The topological polar surface area (TPSA) is 143 Å². The molecule has 2 amide bonds. The molecule has 2 aromatic carbocycles. The quantitative estimate of drug-likeness (QED) is 0.365. The van der Waals surface area contributed by atoms with Crippen LogP contribution in [0.2, 0.25) is 0 Å². The normalized spacial score (nSPS) is 19.5. The molecular formula is C30H39N3O8S. The molecule has 0 bridgehead atoms. The SMILES string of the molecule is CCCC[C@@H](C(=O)C(=O)N[C@H](C)c1ccccc1)N(C(=O)O)C1CC(C)(C)CN1S(=O)(=O)c1ccc2c(c1)OCCO2. The van der Waals surface area contributed by atoms with Crippen molar-refractivity contribution in [2.24, 2.45) is 5.41 Å². The molecule has 2 N–H and O–H groups in total. The first-order valence-electron chi connectivity index (χ1n) is 14.2. The van der Waals surface area contributed by atoms with Crippen molar-refractivity contribution in [3.8, 4) is 11.5 Å². The van der Waals surface area contributed by atoms with Gasteiger partial charge in [0.05, 0.1) is 10.9 Å². The molecular weight excluding hydrogens is 562 g/mol. The number of carbonyl (C=O) groups is 3. The van der Waals surface area contributed by atoms with Crippen LogP contribution >= 0.6 is 0 Å². The van der Waals surface area contributed by atoms with Gasteiger partial charge in [0.25, 0.3) is 5.91 Å². The fraction of sp³-hybridized carbons (Fsp3) is 0.500. The molecule has 2 heterocycles. The van der Waals surface area contributed by atoms with E-state index >= 15 is 0 Å². The molecule has 42 heavy (non-hydrogen) atoms. The van der Waals surface area contributed by atoms with E-state index in [-0.39, 0.29) is 36.6 Å². The predicted molar refractivity (Wildman–Crippen MR) is 155 cm³/mol. The van der Waals surface area contributed by atoms with E-state index in [1.165, 1.54) is 18.2 Å². The van der Waals surface area contributed by atoms with E-state index in [9.17, 15) is 27.9 Å². The first-order valence-corrected chi connectivity index (χ1v) is 15.6. The number of fused-ring (bicyclic) bond motifs is 1. The Morgan fingerprint density at radius 1 is 1.10 bits per heavy atom. The van der Waals surface area contributed by atoms with Crippen LogP contribution in [0.5, 0.6) is 11.5 Å². The number of amides is 2. The molecule has 11 nitrogen and oxygen atoms in total. The monoisotopic (exact) mass is 601 g/mol. The number of nitrogens with one attached hydrogen (secondary N) is 1. The number of Topliss-reactive ketones (excluding diaryl/α,β-unsaturated/α-hetero) is 1. The van der Waals surface area contributed by atoms with Crippen molar-refractivity contribution >= 4 is 27.8 Å². The lowest BCUT2D eigenvalue weighted by molar-refractivity contribution is -0.142. The Kier molecular flexibility index (Phi) is 9.47. The van der Waals surface area contributed by atoms with Gasteiger partial charge in [-0.1, -0.05) is 63.9 Å². The second kappa shape index (κ2) is 12.7. The highest BCUT2D eigenvalue weighted by Crippen LogP contribution is 2.41. The highest BCUT2D eigenvalue weighted by molar-refractivity contribution is 7.89. The fourth-order valence-corrected chi connectivity index (χ4v) is 7.28. The van der Waals surface area contributed by atoms with Gasteiger partial charge < -0.3 is 19.9 Å². The van der Waals surface area contributed by atoms with Gasteiger partial charge in [0.2, 0.25) is 15.8 Å². The number of hydrogen-bond donors (Lipinski definition) is 2. The Bertz CT molecular complexity index is 1410. The lowest BCUT2D eigenvalue weighted by Gasteiger charge is -2.37. The third-order valence-electron chi connectivity index (χ3n) is 7.65. The van der Waals surface area contributed by atoms with E-state index in [2.05, 4.69) is 5.32 Å². The summed E-state index contributed by atoms with van der Waals surface area (Å²) in [6.45, 7) is 7.95. The maximum absolute atomic E-state index is 14.0. The minimum Gasteiger partial charge on any atom is -0.486 e. The molecule has 0 aliphatic carbocycles. The van der Waals surface area contributed by atoms with Crippen molar-refractivity contribution in [1.29, 1.82) is 0 Å². The Labute approximate surface area is 246 Å². The molecule has 1 saturated heterocycles.